The molecule has 0 aromatic carbocycles. The minimum atomic E-state index is -0.0948. The monoisotopic (exact) mass is 315 g/mol. The predicted molar refractivity (Wildman–Crippen MR) is 73.9 cm³/mol. The van der Waals surface area contributed by atoms with E-state index in [-0.39, 0.29) is 11.7 Å². The molecular formula is C12H18BrN3O2. The van der Waals surface area contributed by atoms with Gasteiger partial charge in [0, 0.05) is 19.2 Å². The molecule has 1 saturated heterocycles. The summed E-state index contributed by atoms with van der Waals surface area (Å²) in [6.45, 7) is 5.30. The molecule has 100 valence electrons. The summed E-state index contributed by atoms with van der Waals surface area (Å²) in [6, 6.07) is 0.337. The Kier molecular flexibility index (Phi) is 4.40. The van der Waals surface area contributed by atoms with Crippen LogP contribution < -0.4 is 10.9 Å². The Labute approximate surface area is 115 Å². The van der Waals surface area contributed by atoms with E-state index >= 15 is 0 Å². The topological polar surface area (TPSA) is 56.1 Å². The van der Waals surface area contributed by atoms with Crippen LogP contribution in [0.15, 0.2) is 15.5 Å². The molecule has 18 heavy (non-hydrogen) atoms. The Hall–Kier alpha value is -0.880. The van der Waals surface area contributed by atoms with Crippen LogP contribution in [0, 0.1) is 0 Å². The van der Waals surface area contributed by atoms with Crippen LogP contribution in [-0.4, -0.2) is 28.5 Å². The summed E-state index contributed by atoms with van der Waals surface area (Å²) in [5.41, 5.74) is 0.673. The van der Waals surface area contributed by atoms with E-state index in [4.69, 9.17) is 4.74 Å². The SMILES string of the molecule is CCn1ncc(NC2CCOC(C)C2)c(Br)c1=O. The zero-order valence-electron chi connectivity index (χ0n) is 10.6. The van der Waals surface area contributed by atoms with Gasteiger partial charge in [-0.25, -0.2) is 4.68 Å². The van der Waals surface area contributed by atoms with Crippen molar-refractivity contribution in [2.24, 2.45) is 0 Å². The number of aryl methyl sites for hydroxylation is 1. The number of rotatable bonds is 3. The molecule has 6 heteroatoms. The molecule has 0 saturated carbocycles. The van der Waals surface area contributed by atoms with Gasteiger partial charge in [-0.15, -0.1) is 0 Å². The molecule has 1 aliphatic rings. The van der Waals surface area contributed by atoms with Gasteiger partial charge < -0.3 is 10.1 Å². The number of ether oxygens (including phenoxy) is 1. The largest absolute Gasteiger partial charge is 0.380 e. The van der Waals surface area contributed by atoms with Gasteiger partial charge in [0.05, 0.1) is 18.0 Å². The third-order valence-corrected chi connectivity index (χ3v) is 3.90. The quantitative estimate of drug-likeness (QED) is 0.927. The summed E-state index contributed by atoms with van der Waals surface area (Å²) in [4.78, 5) is 11.9. The first kappa shape index (κ1) is 13.5. The second kappa shape index (κ2) is 5.84. The molecule has 0 aliphatic carbocycles. The molecule has 5 nitrogen and oxygen atoms in total. The predicted octanol–water partition coefficient (Wildman–Crippen LogP) is 2.01. The molecule has 2 rings (SSSR count). The average molecular weight is 316 g/mol. The molecule has 0 bridgehead atoms. The molecule has 1 aromatic heterocycles. The lowest BCUT2D eigenvalue weighted by Crippen LogP contribution is -2.33. The van der Waals surface area contributed by atoms with E-state index in [1.165, 1.54) is 4.68 Å². The number of halogens is 1. The maximum absolute atomic E-state index is 11.9. The van der Waals surface area contributed by atoms with Crippen molar-refractivity contribution in [2.75, 3.05) is 11.9 Å². The summed E-state index contributed by atoms with van der Waals surface area (Å²) >= 11 is 3.35. The van der Waals surface area contributed by atoms with Gasteiger partial charge in [0.15, 0.2) is 0 Å². The van der Waals surface area contributed by atoms with Crippen molar-refractivity contribution in [2.45, 2.75) is 45.4 Å². The van der Waals surface area contributed by atoms with Gasteiger partial charge in [-0.2, -0.15) is 5.10 Å². The van der Waals surface area contributed by atoms with Crippen LogP contribution in [0.2, 0.25) is 0 Å². The summed E-state index contributed by atoms with van der Waals surface area (Å²) in [7, 11) is 0. The Morgan fingerprint density at radius 1 is 1.67 bits per heavy atom. The van der Waals surface area contributed by atoms with Gasteiger partial charge in [0.25, 0.3) is 5.56 Å². The molecule has 1 aliphatic heterocycles. The molecule has 0 radical (unpaired) electrons. The first-order valence-electron chi connectivity index (χ1n) is 6.25. The van der Waals surface area contributed by atoms with Crippen LogP contribution in [0.25, 0.3) is 0 Å². The normalized spacial score (nSPS) is 23.9. The standard InChI is InChI=1S/C12H18BrN3O2/c1-3-16-12(17)11(13)10(7-14-16)15-9-4-5-18-8(2)6-9/h7-9,15H,3-6H2,1-2H3. The first-order valence-corrected chi connectivity index (χ1v) is 7.05. The molecule has 1 fully saturated rings. The number of aromatic nitrogens is 2. The summed E-state index contributed by atoms with van der Waals surface area (Å²) < 4.78 is 7.49. The molecule has 0 amide bonds. The summed E-state index contributed by atoms with van der Waals surface area (Å²) in [5.74, 6) is 0. The van der Waals surface area contributed by atoms with Gasteiger partial charge >= 0.3 is 0 Å². The maximum atomic E-state index is 11.9. The lowest BCUT2D eigenvalue weighted by molar-refractivity contribution is 0.0232. The van der Waals surface area contributed by atoms with Crippen molar-refractivity contribution in [1.29, 1.82) is 0 Å². The molecule has 2 atom stereocenters. The fourth-order valence-corrected chi connectivity index (χ4v) is 2.56. The van der Waals surface area contributed by atoms with Gasteiger partial charge in [-0.1, -0.05) is 0 Å². The van der Waals surface area contributed by atoms with E-state index < -0.39 is 0 Å². The summed E-state index contributed by atoms with van der Waals surface area (Å²) in [6.07, 6.45) is 3.87. The molecule has 1 aromatic rings. The molecular weight excluding hydrogens is 298 g/mol. The number of hydrogen-bond donors (Lipinski definition) is 1. The van der Waals surface area contributed by atoms with E-state index in [2.05, 4.69) is 33.3 Å². The van der Waals surface area contributed by atoms with Crippen LogP contribution in [0.4, 0.5) is 5.69 Å². The van der Waals surface area contributed by atoms with Gasteiger partial charge in [0.1, 0.15) is 4.47 Å². The van der Waals surface area contributed by atoms with E-state index in [0.717, 1.165) is 25.1 Å². The van der Waals surface area contributed by atoms with E-state index in [1.807, 2.05) is 6.92 Å². The minimum Gasteiger partial charge on any atom is -0.380 e. The highest BCUT2D eigenvalue weighted by atomic mass is 79.9. The Morgan fingerprint density at radius 2 is 2.44 bits per heavy atom. The van der Waals surface area contributed by atoms with Crippen molar-refractivity contribution in [3.63, 3.8) is 0 Å². The maximum Gasteiger partial charge on any atom is 0.283 e. The minimum absolute atomic E-state index is 0.0948. The fourth-order valence-electron chi connectivity index (χ4n) is 2.14. The van der Waals surface area contributed by atoms with Crippen molar-refractivity contribution in [3.8, 4) is 0 Å². The van der Waals surface area contributed by atoms with Crippen LogP contribution in [0.5, 0.6) is 0 Å². The van der Waals surface area contributed by atoms with E-state index in [1.54, 1.807) is 6.20 Å². The number of hydrogen-bond acceptors (Lipinski definition) is 4. The second-order valence-corrected chi connectivity index (χ2v) is 5.33. The third-order valence-electron chi connectivity index (χ3n) is 3.13. The van der Waals surface area contributed by atoms with E-state index in [0.29, 0.717) is 17.1 Å². The zero-order valence-corrected chi connectivity index (χ0v) is 12.2. The van der Waals surface area contributed by atoms with Gasteiger partial charge in [-0.3, -0.25) is 4.79 Å². The lowest BCUT2D eigenvalue weighted by Gasteiger charge is -2.28. The van der Waals surface area contributed by atoms with Gasteiger partial charge in [-0.05, 0) is 42.6 Å². The number of nitrogens with one attached hydrogen (secondary N) is 1. The van der Waals surface area contributed by atoms with Crippen molar-refractivity contribution in [3.05, 3.63) is 21.0 Å². The average Bonchev–Trinajstić information content (AvgIpc) is 2.35. The Bertz CT molecular complexity index is 475. The highest BCUT2D eigenvalue weighted by Crippen LogP contribution is 2.22. The Balaban J connectivity index is 2.14. The molecule has 2 heterocycles. The summed E-state index contributed by atoms with van der Waals surface area (Å²) in [5, 5.41) is 7.49. The zero-order chi connectivity index (χ0) is 13.1. The first-order chi connectivity index (χ1) is 8.61. The van der Waals surface area contributed by atoms with Gasteiger partial charge in [0.2, 0.25) is 0 Å². The molecule has 2 unspecified atom stereocenters. The second-order valence-electron chi connectivity index (χ2n) is 4.54. The van der Waals surface area contributed by atoms with Crippen LogP contribution in [-0.2, 0) is 11.3 Å². The fraction of sp³-hybridized carbons (Fsp3) is 0.667. The van der Waals surface area contributed by atoms with Crippen LogP contribution in [0.1, 0.15) is 26.7 Å². The molecule has 1 N–H and O–H groups in total. The smallest absolute Gasteiger partial charge is 0.283 e. The molecule has 0 spiro atoms. The lowest BCUT2D eigenvalue weighted by atomic mass is 10.0. The Morgan fingerprint density at radius 3 is 3.11 bits per heavy atom. The van der Waals surface area contributed by atoms with Crippen molar-refractivity contribution >= 4 is 21.6 Å². The highest BCUT2D eigenvalue weighted by molar-refractivity contribution is 9.10. The highest BCUT2D eigenvalue weighted by Gasteiger charge is 2.20. The third kappa shape index (κ3) is 2.92. The van der Waals surface area contributed by atoms with Crippen LogP contribution in [0.3, 0.4) is 0 Å². The van der Waals surface area contributed by atoms with Crippen molar-refractivity contribution in [1.82, 2.24) is 9.78 Å². The number of anilines is 1. The van der Waals surface area contributed by atoms with Crippen molar-refractivity contribution < 1.29 is 4.74 Å². The number of nitrogens with zero attached hydrogens (tertiary/aromatic N) is 2. The van der Waals surface area contributed by atoms with Crippen LogP contribution >= 0.6 is 15.9 Å². The van der Waals surface area contributed by atoms with E-state index in [9.17, 15) is 4.79 Å².